The van der Waals surface area contributed by atoms with Crippen molar-refractivity contribution >= 4 is 17.8 Å². The van der Waals surface area contributed by atoms with Crippen molar-refractivity contribution in [1.82, 2.24) is 15.0 Å². The molecule has 2 atom stereocenters. The number of benzene rings is 1. The molecular formula is C24H28FN3O4. The quantitative estimate of drug-likeness (QED) is 0.646. The van der Waals surface area contributed by atoms with Gasteiger partial charge in [-0.3, -0.25) is 29.4 Å². The summed E-state index contributed by atoms with van der Waals surface area (Å²) < 4.78 is 14.1. The normalized spacial score (nSPS) is 17.1. The lowest BCUT2D eigenvalue weighted by Crippen LogP contribution is -2.55. The van der Waals surface area contributed by atoms with Crippen molar-refractivity contribution in [3.8, 4) is 0 Å². The molecule has 0 spiro atoms. The number of piperidine rings is 1. The summed E-state index contributed by atoms with van der Waals surface area (Å²) in [5.74, 6) is -3.49. The average molecular weight is 442 g/mol. The first-order valence-electron chi connectivity index (χ1n) is 10.8. The van der Waals surface area contributed by atoms with E-state index in [-0.39, 0.29) is 30.4 Å². The second-order valence-electron chi connectivity index (χ2n) is 8.13. The maximum atomic E-state index is 14.1. The highest BCUT2D eigenvalue weighted by atomic mass is 19.1. The van der Waals surface area contributed by atoms with Gasteiger partial charge in [-0.15, -0.1) is 0 Å². The molecule has 0 radical (unpaired) electrons. The van der Waals surface area contributed by atoms with Gasteiger partial charge >= 0.3 is 5.97 Å². The number of hydrazine groups is 1. The monoisotopic (exact) mass is 441 g/mol. The number of hydrogen-bond donors (Lipinski definition) is 1. The van der Waals surface area contributed by atoms with E-state index in [1.807, 2.05) is 12.1 Å². The molecule has 8 heteroatoms. The van der Waals surface area contributed by atoms with Crippen molar-refractivity contribution in [2.24, 2.45) is 11.8 Å². The largest absolute Gasteiger partial charge is 0.481 e. The van der Waals surface area contributed by atoms with Crippen LogP contribution in [0.4, 0.5) is 4.39 Å². The number of aromatic nitrogens is 1. The van der Waals surface area contributed by atoms with Crippen LogP contribution in [-0.4, -0.2) is 51.0 Å². The zero-order chi connectivity index (χ0) is 23.1. The van der Waals surface area contributed by atoms with Gasteiger partial charge in [0.1, 0.15) is 5.82 Å². The Bertz CT molecular complexity index is 953. The van der Waals surface area contributed by atoms with Crippen LogP contribution < -0.4 is 0 Å². The molecule has 1 fully saturated rings. The highest BCUT2D eigenvalue weighted by molar-refractivity contribution is 5.83. The van der Waals surface area contributed by atoms with Crippen molar-refractivity contribution < 1.29 is 23.9 Å². The molecule has 2 amide bonds. The lowest BCUT2D eigenvalue weighted by Gasteiger charge is -2.40. The number of halogens is 1. The minimum atomic E-state index is -1.14. The molecule has 3 rings (SSSR count). The number of aliphatic carboxylic acids is 1. The van der Waals surface area contributed by atoms with Crippen molar-refractivity contribution in [2.75, 3.05) is 13.1 Å². The summed E-state index contributed by atoms with van der Waals surface area (Å²) in [6.45, 7) is 1.48. The van der Waals surface area contributed by atoms with E-state index in [1.54, 1.807) is 18.5 Å². The van der Waals surface area contributed by atoms with E-state index >= 15 is 0 Å². The SMILES string of the molecule is CC(=O)N(C[C@@H](Cc1ccccc1F)C(=O)O)N1CCC[C@@H](CCc2ccncc2)C1=O. The van der Waals surface area contributed by atoms with E-state index in [4.69, 9.17) is 0 Å². The number of carboxylic acid groups (broad SMARTS) is 1. The predicted octanol–water partition coefficient (Wildman–Crippen LogP) is 3.10. The minimum Gasteiger partial charge on any atom is -0.481 e. The van der Waals surface area contributed by atoms with Crippen LogP contribution >= 0.6 is 0 Å². The molecule has 1 saturated heterocycles. The lowest BCUT2D eigenvalue weighted by molar-refractivity contribution is -0.172. The Morgan fingerprint density at radius 3 is 2.62 bits per heavy atom. The van der Waals surface area contributed by atoms with Crippen molar-refractivity contribution in [3.63, 3.8) is 0 Å². The molecule has 1 aromatic carbocycles. The Hall–Kier alpha value is -3.29. The average Bonchev–Trinajstić information content (AvgIpc) is 2.78. The maximum absolute atomic E-state index is 14.1. The van der Waals surface area contributed by atoms with Gasteiger partial charge in [0.05, 0.1) is 12.5 Å². The highest BCUT2D eigenvalue weighted by Crippen LogP contribution is 2.25. The molecule has 0 saturated carbocycles. The fourth-order valence-corrected chi connectivity index (χ4v) is 4.09. The van der Waals surface area contributed by atoms with Gasteiger partial charge in [0.15, 0.2) is 0 Å². The molecule has 1 aliphatic heterocycles. The molecule has 1 N–H and O–H groups in total. The molecule has 170 valence electrons. The van der Waals surface area contributed by atoms with E-state index in [2.05, 4.69) is 4.98 Å². The first-order valence-corrected chi connectivity index (χ1v) is 10.8. The molecule has 0 bridgehead atoms. The Labute approximate surface area is 186 Å². The summed E-state index contributed by atoms with van der Waals surface area (Å²) >= 11 is 0. The van der Waals surface area contributed by atoms with Crippen molar-refractivity contribution in [3.05, 3.63) is 65.7 Å². The fraction of sp³-hybridized carbons (Fsp3) is 0.417. The van der Waals surface area contributed by atoms with Gasteiger partial charge in [-0.2, -0.15) is 0 Å². The van der Waals surface area contributed by atoms with Crippen LogP contribution in [-0.2, 0) is 27.2 Å². The van der Waals surface area contributed by atoms with E-state index < -0.39 is 23.6 Å². The Kier molecular flexibility index (Phi) is 7.92. The summed E-state index contributed by atoms with van der Waals surface area (Å²) in [5, 5.41) is 12.3. The number of pyridine rings is 1. The standard InChI is InChI=1S/C24H28FN3O4/c1-17(29)28(16-21(24(31)32)15-20-5-2-3-7-22(20)25)27-14-4-6-19(23(27)30)9-8-18-10-12-26-13-11-18/h2-3,5,7,10-13,19,21H,4,6,8-9,14-16H2,1H3,(H,31,32)/t19-,21+/m0/s1. The fourth-order valence-electron chi connectivity index (χ4n) is 4.09. The van der Waals surface area contributed by atoms with Crippen LogP contribution in [0.25, 0.3) is 0 Å². The lowest BCUT2D eigenvalue weighted by atomic mass is 9.91. The van der Waals surface area contributed by atoms with Crippen LogP contribution in [0.2, 0.25) is 0 Å². The summed E-state index contributed by atoms with van der Waals surface area (Å²) in [6, 6.07) is 9.81. The first kappa shape index (κ1) is 23.4. The Balaban J connectivity index is 1.71. The molecular weight excluding hydrogens is 413 g/mol. The second kappa shape index (κ2) is 10.8. The molecule has 0 aliphatic carbocycles. The number of carbonyl (C=O) groups excluding carboxylic acids is 2. The van der Waals surface area contributed by atoms with Gasteiger partial charge in [-0.1, -0.05) is 18.2 Å². The van der Waals surface area contributed by atoms with Gasteiger partial charge in [0, 0.05) is 31.8 Å². The number of hydrogen-bond acceptors (Lipinski definition) is 4. The summed E-state index contributed by atoms with van der Waals surface area (Å²) in [5.41, 5.74) is 1.35. The van der Waals surface area contributed by atoms with Gasteiger partial charge in [0.2, 0.25) is 11.8 Å². The van der Waals surface area contributed by atoms with Gasteiger partial charge < -0.3 is 5.11 Å². The van der Waals surface area contributed by atoms with Crippen LogP contribution in [0.5, 0.6) is 0 Å². The number of carboxylic acids is 1. The number of aryl methyl sites for hydroxylation is 1. The molecule has 2 aromatic rings. The molecule has 1 aromatic heterocycles. The molecule has 7 nitrogen and oxygen atoms in total. The van der Waals surface area contributed by atoms with Crippen LogP contribution in [0.15, 0.2) is 48.8 Å². The third kappa shape index (κ3) is 5.90. The van der Waals surface area contributed by atoms with Gasteiger partial charge in [-0.25, -0.2) is 4.39 Å². The highest BCUT2D eigenvalue weighted by Gasteiger charge is 2.35. The second-order valence-corrected chi connectivity index (χ2v) is 8.13. The summed E-state index contributed by atoms with van der Waals surface area (Å²) in [6.07, 6.45) is 6.16. The van der Waals surface area contributed by atoms with E-state index in [0.29, 0.717) is 13.0 Å². The van der Waals surface area contributed by atoms with Gasteiger partial charge in [-0.05, 0) is 61.4 Å². The summed E-state index contributed by atoms with van der Waals surface area (Å²) in [7, 11) is 0. The number of carbonyl (C=O) groups is 3. The maximum Gasteiger partial charge on any atom is 0.308 e. The topological polar surface area (TPSA) is 90.8 Å². The predicted molar refractivity (Wildman–Crippen MR) is 116 cm³/mol. The smallest absolute Gasteiger partial charge is 0.308 e. The van der Waals surface area contributed by atoms with E-state index in [0.717, 1.165) is 24.8 Å². The molecule has 32 heavy (non-hydrogen) atoms. The number of nitrogens with zero attached hydrogens (tertiary/aromatic N) is 3. The van der Waals surface area contributed by atoms with E-state index in [1.165, 1.54) is 35.1 Å². The third-order valence-electron chi connectivity index (χ3n) is 5.88. The van der Waals surface area contributed by atoms with Crippen molar-refractivity contribution in [2.45, 2.75) is 39.0 Å². The first-order chi connectivity index (χ1) is 15.4. The molecule has 2 heterocycles. The summed E-state index contributed by atoms with van der Waals surface area (Å²) in [4.78, 5) is 41.5. The molecule has 1 aliphatic rings. The number of rotatable bonds is 9. The Morgan fingerprint density at radius 2 is 1.97 bits per heavy atom. The van der Waals surface area contributed by atoms with Crippen LogP contribution in [0.1, 0.15) is 37.3 Å². The van der Waals surface area contributed by atoms with Crippen molar-refractivity contribution in [1.29, 1.82) is 0 Å². The van der Waals surface area contributed by atoms with Crippen LogP contribution in [0, 0.1) is 17.7 Å². The number of amides is 2. The molecule has 0 unspecified atom stereocenters. The minimum absolute atomic E-state index is 0.0702. The van der Waals surface area contributed by atoms with Crippen LogP contribution in [0.3, 0.4) is 0 Å². The zero-order valence-electron chi connectivity index (χ0n) is 18.1. The van der Waals surface area contributed by atoms with Gasteiger partial charge in [0.25, 0.3) is 0 Å². The third-order valence-corrected chi connectivity index (χ3v) is 5.88. The zero-order valence-corrected chi connectivity index (χ0v) is 18.1. The Morgan fingerprint density at radius 1 is 1.25 bits per heavy atom. The van der Waals surface area contributed by atoms with E-state index in [9.17, 15) is 23.9 Å².